The van der Waals surface area contributed by atoms with E-state index in [0.29, 0.717) is 10.7 Å². The van der Waals surface area contributed by atoms with Crippen molar-refractivity contribution in [1.29, 1.82) is 0 Å². The van der Waals surface area contributed by atoms with E-state index in [-0.39, 0.29) is 0 Å². The summed E-state index contributed by atoms with van der Waals surface area (Å²) in [5.74, 6) is -0.535. The van der Waals surface area contributed by atoms with Gasteiger partial charge in [-0.05, 0) is 18.4 Å². The van der Waals surface area contributed by atoms with Crippen LogP contribution in [0.5, 0.6) is 0 Å². The maximum Gasteiger partial charge on any atom is 0.331 e. The molecule has 2 unspecified atom stereocenters. The van der Waals surface area contributed by atoms with E-state index in [0.717, 1.165) is 0 Å². The highest BCUT2D eigenvalue weighted by Gasteiger charge is 2.24. The first kappa shape index (κ1) is 15.0. The number of carboxylic acids is 1. The molecule has 2 aromatic rings. The monoisotopic (exact) mass is 309 g/mol. The summed E-state index contributed by atoms with van der Waals surface area (Å²) in [6, 6.07) is 1.35. The second-order valence-corrected chi connectivity index (χ2v) is 5.41. The Balaban J connectivity index is 2.00. The summed E-state index contributed by atoms with van der Waals surface area (Å²) in [6.45, 7) is 1.74. The average molecular weight is 309 g/mol. The quantitative estimate of drug-likeness (QED) is 0.765. The molecule has 0 radical (unpaired) electrons. The number of hydrogen-bond acceptors (Lipinski definition) is 5. The molecule has 0 aliphatic rings. The Morgan fingerprint density at radius 1 is 1.43 bits per heavy atom. The van der Waals surface area contributed by atoms with Crippen molar-refractivity contribution in [3.63, 3.8) is 0 Å². The minimum Gasteiger partial charge on any atom is -0.479 e. The summed E-state index contributed by atoms with van der Waals surface area (Å²) in [7, 11) is 1.76. The number of hydrogen-bond donors (Lipinski definition) is 3. The number of nitrogens with one attached hydrogen (secondary N) is 2. The fourth-order valence-electron chi connectivity index (χ4n) is 1.83. The molecule has 9 heteroatoms. The number of rotatable bonds is 5. The highest BCUT2D eigenvalue weighted by atomic mass is 32.1. The van der Waals surface area contributed by atoms with E-state index in [1.807, 2.05) is 0 Å². The molecule has 3 N–H and O–H groups in total. The van der Waals surface area contributed by atoms with E-state index < -0.39 is 24.1 Å². The lowest BCUT2D eigenvalue weighted by Gasteiger charge is -2.17. The van der Waals surface area contributed by atoms with Gasteiger partial charge in [-0.2, -0.15) is 0 Å². The number of amides is 2. The lowest BCUT2D eigenvalue weighted by Crippen LogP contribution is -2.42. The Labute approximate surface area is 124 Å². The van der Waals surface area contributed by atoms with Gasteiger partial charge < -0.3 is 20.3 Å². The Kier molecular flexibility index (Phi) is 4.53. The molecule has 2 heterocycles. The first-order valence-corrected chi connectivity index (χ1v) is 7.04. The van der Waals surface area contributed by atoms with E-state index in [1.165, 1.54) is 17.7 Å². The SMILES string of the molecule is CC(NC(=O)NC(C(=O)O)c1cccs1)c1nncn1C. The van der Waals surface area contributed by atoms with Crippen LogP contribution in [0.1, 0.15) is 29.7 Å². The number of carboxylic acid groups (broad SMARTS) is 1. The number of urea groups is 1. The highest BCUT2D eigenvalue weighted by molar-refractivity contribution is 7.10. The van der Waals surface area contributed by atoms with Crippen LogP contribution in [-0.4, -0.2) is 31.9 Å². The number of aromatic nitrogens is 3. The van der Waals surface area contributed by atoms with Crippen molar-refractivity contribution in [1.82, 2.24) is 25.4 Å². The average Bonchev–Trinajstić information content (AvgIpc) is 3.06. The normalized spacial score (nSPS) is 13.4. The summed E-state index contributed by atoms with van der Waals surface area (Å²) in [5.41, 5.74) is 0. The molecule has 0 fully saturated rings. The third-order valence-electron chi connectivity index (χ3n) is 2.83. The van der Waals surface area contributed by atoms with Crippen molar-refractivity contribution in [3.05, 3.63) is 34.5 Å². The number of aryl methyl sites for hydroxylation is 1. The smallest absolute Gasteiger partial charge is 0.331 e. The van der Waals surface area contributed by atoms with Gasteiger partial charge in [0, 0.05) is 11.9 Å². The molecular weight excluding hydrogens is 294 g/mol. The molecular formula is C12H15N5O3S. The summed E-state index contributed by atoms with van der Waals surface area (Å²) in [4.78, 5) is 23.7. The summed E-state index contributed by atoms with van der Waals surface area (Å²) in [5, 5.41) is 23.6. The van der Waals surface area contributed by atoms with Crippen molar-refractivity contribution >= 4 is 23.3 Å². The maximum absolute atomic E-state index is 11.9. The van der Waals surface area contributed by atoms with Crippen LogP contribution >= 0.6 is 11.3 Å². The molecule has 0 aromatic carbocycles. The first-order valence-electron chi connectivity index (χ1n) is 6.16. The van der Waals surface area contributed by atoms with Crippen LogP contribution in [-0.2, 0) is 11.8 Å². The molecule has 0 aliphatic carbocycles. The van der Waals surface area contributed by atoms with Crippen molar-refractivity contribution in [3.8, 4) is 0 Å². The topological polar surface area (TPSA) is 109 Å². The Morgan fingerprint density at radius 2 is 2.19 bits per heavy atom. The second kappa shape index (κ2) is 6.35. The minimum absolute atomic E-state index is 0.393. The Morgan fingerprint density at radius 3 is 2.71 bits per heavy atom. The molecule has 112 valence electrons. The van der Waals surface area contributed by atoms with Crippen molar-refractivity contribution in [2.75, 3.05) is 0 Å². The Hall–Kier alpha value is -2.42. The van der Waals surface area contributed by atoms with Crippen LogP contribution in [0.15, 0.2) is 23.8 Å². The van der Waals surface area contributed by atoms with Gasteiger partial charge in [-0.15, -0.1) is 21.5 Å². The number of carbonyl (C=O) groups is 2. The van der Waals surface area contributed by atoms with E-state index in [4.69, 9.17) is 0 Å². The molecule has 2 atom stereocenters. The predicted octanol–water partition coefficient (Wildman–Crippen LogP) is 1.06. The molecule has 2 amide bonds. The standard InChI is InChI=1S/C12H15N5O3S/c1-7(10-16-13-6-17(10)2)14-12(20)15-9(11(18)19)8-4-3-5-21-8/h3-7,9H,1-2H3,(H,18,19)(H2,14,15,20). The largest absolute Gasteiger partial charge is 0.479 e. The molecule has 0 aliphatic heterocycles. The third kappa shape index (κ3) is 3.57. The number of nitrogens with zero attached hydrogens (tertiary/aromatic N) is 3. The molecule has 0 saturated carbocycles. The fourth-order valence-corrected chi connectivity index (χ4v) is 2.60. The summed E-state index contributed by atoms with van der Waals surface area (Å²) < 4.78 is 1.68. The van der Waals surface area contributed by atoms with Crippen LogP contribution in [0.4, 0.5) is 4.79 Å². The first-order chi connectivity index (χ1) is 9.99. The maximum atomic E-state index is 11.9. The summed E-state index contributed by atoms with van der Waals surface area (Å²) >= 11 is 1.27. The predicted molar refractivity (Wildman–Crippen MR) is 75.8 cm³/mol. The molecule has 0 bridgehead atoms. The van der Waals surface area contributed by atoms with Crippen molar-refractivity contribution in [2.24, 2.45) is 7.05 Å². The van der Waals surface area contributed by atoms with Gasteiger partial charge in [0.15, 0.2) is 11.9 Å². The zero-order valence-electron chi connectivity index (χ0n) is 11.5. The van der Waals surface area contributed by atoms with E-state index >= 15 is 0 Å². The fraction of sp³-hybridized carbons (Fsp3) is 0.333. The van der Waals surface area contributed by atoms with Gasteiger partial charge in [0.2, 0.25) is 0 Å². The molecule has 0 spiro atoms. The molecule has 21 heavy (non-hydrogen) atoms. The van der Waals surface area contributed by atoms with Gasteiger partial charge in [0.1, 0.15) is 6.33 Å². The zero-order valence-corrected chi connectivity index (χ0v) is 12.3. The zero-order chi connectivity index (χ0) is 15.4. The van der Waals surface area contributed by atoms with Crippen molar-refractivity contribution in [2.45, 2.75) is 19.0 Å². The number of thiophene rings is 1. The van der Waals surface area contributed by atoms with Crippen LogP contribution in [0.2, 0.25) is 0 Å². The lowest BCUT2D eigenvalue weighted by atomic mass is 10.2. The van der Waals surface area contributed by atoms with Gasteiger partial charge in [-0.3, -0.25) is 0 Å². The molecule has 0 saturated heterocycles. The van der Waals surface area contributed by atoms with E-state index in [2.05, 4.69) is 20.8 Å². The van der Waals surface area contributed by atoms with Crippen LogP contribution in [0, 0.1) is 0 Å². The molecule has 2 aromatic heterocycles. The van der Waals surface area contributed by atoms with Crippen LogP contribution in [0.25, 0.3) is 0 Å². The lowest BCUT2D eigenvalue weighted by molar-refractivity contribution is -0.139. The second-order valence-electron chi connectivity index (χ2n) is 4.43. The number of aliphatic carboxylic acids is 1. The van der Waals surface area contributed by atoms with Gasteiger partial charge in [-0.25, -0.2) is 9.59 Å². The van der Waals surface area contributed by atoms with Crippen molar-refractivity contribution < 1.29 is 14.7 Å². The minimum atomic E-state index is -1.11. The van der Waals surface area contributed by atoms with E-state index in [9.17, 15) is 14.7 Å². The number of carbonyl (C=O) groups excluding carboxylic acids is 1. The molecule has 8 nitrogen and oxygen atoms in total. The molecule has 2 rings (SSSR count). The van der Waals surface area contributed by atoms with Gasteiger partial charge >= 0.3 is 12.0 Å². The van der Waals surface area contributed by atoms with Gasteiger partial charge in [0.05, 0.1) is 6.04 Å². The van der Waals surface area contributed by atoms with Crippen LogP contribution in [0.3, 0.4) is 0 Å². The van der Waals surface area contributed by atoms with E-state index in [1.54, 1.807) is 36.1 Å². The van der Waals surface area contributed by atoms with Crippen LogP contribution < -0.4 is 10.6 Å². The highest BCUT2D eigenvalue weighted by Crippen LogP contribution is 2.19. The summed E-state index contributed by atoms with van der Waals surface area (Å²) in [6.07, 6.45) is 1.52. The van der Waals surface area contributed by atoms with Gasteiger partial charge in [0.25, 0.3) is 0 Å². The Bertz CT molecular complexity index is 625. The van der Waals surface area contributed by atoms with Gasteiger partial charge in [-0.1, -0.05) is 6.07 Å². The third-order valence-corrected chi connectivity index (χ3v) is 3.77.